The number of thioether (sulfide) groups is 1. The Kier molecular flexibility index (Phi) is 8.72. The highest BCUT2D eigenvalue weighted by Gasteiger charge is 2.42. The molecule has 7 nitrogen and oxygen atoms in total. The first-order valence-corrected chi connectivity index (χ1v) is 14.4. The van der Waals surface area contributed by atoms with Gasteiger partial charge in [0.2, 0.25) is 0 Å². The number of carboxylic acids is 1. The van der Waals surface area contributed by atoms with Crippen LogP contribution in [-0.4, -0.2) is 55.9 Å². The molecule has 0 bridgehead atoms. The van der Waals surface area contributed by atoms with Gasteiger partial charge in [-0.1, -0.05) is 26.7 Å². The standard InChI is InChI=1S/C25H32FNO6S2/c1-4-6-11-25(5-2)15-27(18-9-7-17(26)8-10-18)19-12-22(34-3)21(33-14-20(28)24(29)30)13-23(19)35(31,32)16-25/h7-10,12-13,20,28H,4-6,11,14-16H2,1-3H3,(H,29,30)/t20?,25-/m0/s1. The summed E-state index contributed by atoms with van der Waals surface area (Å²) in [6.07, 6.45) is 3.27. The van der Waals surface area contributed by atoms with Gasteiger partial charge in [0.15, 0.2) is 15.9 Å². The fourth-order valence-corrected chi connectivity index (χ4v) is 7.12. The van der Waals surface area contributed by atoms with Gasteiger partial charge in [-0.2, -0.15) is 0 Å². The van der Waals surface area contributed by atoms with Crippen LogP contribution in [0.25, 0.3) is 0 Å². The molecule has 10 heteroatoms. The highest BCUT2D eigenvalue weighted by atomic mass is 32.2. The lowest BCUT2D eigenvalue weighted by Gasteiger charge is -2.36. The molecule has 0 amide bonds. The zero-order valence-corrected chi connectivity index (χ0v) is 21.8. The number of benzene rings is 2. The summed E-state index contributed by atoms with van der Waals surface area (Å²) in [4.78, 5) is 13.6. The van der Waals surface area contributed by atoms with Crippen LogP contribution in [0.5, 0.6) is 5.75 Å². The van der Waals surface area contributed by atoms with Crippen molar-refractivity contribution in [3.8, 4) is 5.75 Å². The minimum atomic E-state index is -3.76. The number of fused-ring (bicyclic) bond motifs is 1. The van der Waals surface area contributed by atoms with Crippen LogP contribution >= 0.6 is 11.8 Å². The zero-order chi connectivity index (χ0) is 25.8. The van der Waals surface area contributed by atoms with E-state index in [1.165, 1.54) is 30.0 Å². The molecule has 2 N–H and O–H groups in total. The molecule has 3 rings (SSSR count). The van der Waals surface area contributed by atoms with Crippen molar-refractivity contribution in [1.29, 1.82) is 0 Å². The molecule has 2 aromatic rings. The summed E-state index contributed by atoms with van der Waals surface area (Å²) in [6.45, 7) is 4.01. The van der Waals surface area contributed by atoms with Crippen molar-refractivity contribution >= 4 is 38.9 Å². The Bertz CT molecular complexity index is 1160. The van der Waals surface area contributed by atoms with Crippen molar-refractivity contribution in [2.24, 2.45) is 5.41 Å². The first-order chi connectivity index (χ1) is 16.6. The van der Waals surface area contributed by atoms with E-state index in [-0.39, 0.29) is 22.2 Å². The molecule has 1 aliphatic heterocycles. The average molecular weight is 526 g/mol. The molecule has 192 valence electrons. The van der Waals surface area contributed by atoms with Gasteiger partial charge in [0.25, 0.3) is 0 Å². The normalized spacial score (nSPS) is 20.1. The first-order valence-electron chi connectivity index (χ1n) is 11.6. The minimum Gasteiger partial charge on any atom is -0.489 e. The fourth-order valence-electron chi connectivity index (χ4n) is 4.40. The molecule has 35 heavy (non-hydrogen) atoms. The van der Waals surface area contributed by atoms with Crippen LogP contribution < -0.4 is 9.64 Å². The van der Waals surface area contributed by atoms with E-state index in [9.17, 15) is 22.7 Å². The molecule has 0 saturated carbocycles. The number of halogens is 1. The highest BCUT2D eigenvalue weighted by Crippen LogP contribution is 2.47. The molecule has 0 radical (unpaired) electrons. The third-order valence-electron chi connectivity index (χ3n) is 6.49. The Morgan fingerprint density at radius 2 is 1.94 bits per heavy atom. The summed E-state index contributed by atoms with van der Waals surface area (Å²) in [5, 5.41) is 18.6. The number of aliphatic carboxylic acids is 1. The predicted molar refractivity (Wildman–Crippen MR) is 135 cm³/mol. The number of rotatable bonds is 10. The van der Waals surface area contributed by atoms with Gasteiger partial charge in [-0.05, 0) is 49.4 Å². The van der Waals surface area contributed by atoms with Crippen LogP contribution in [0.3, 0.4) is 0 Å². The van der Waals surface area contributed by atoms with Crippen molar-refractivity contribution in [2.45, 2.75) is 55.4 Å². The minimum absolute atomic E-state index is 0.0446. The number of aliphatic hydroxyl groups excluding tert-OH is 1. The van der Waals surface area contributed by atoms with E-state index in [1.54, 1.807) is 24.5 Å². The maximum absolute atomic E-state index is 13.8. The van der Waals surface area contributed by atoms with E-state index in [0.29, 0.717) is 29.2 Å². The lowest BCUT2D eigenvalue weighted by atomic mass is 9.81. The second-order valence-electron chi connectivity index (χ2n) is 8.91. The van der Waals surface area contributed by atoms with E-state index >= 15 is 0 Å². The molecule has 1 heterocycles. The topological polar surface area (TPSA) is 104 Å². The van der Waals surface area contributed by atoms with Crippen LogP contribution in [0.15, 0.2) is 46.2 Å². The van der Waals surface area contributed by atoms with Crippen molar-refractivity contribution in [3.05, 3.63) is 42.2 Å². The third-order valence-corrected chi connectivity index (χ3v) is 9.24. The quantitative estimate of drug-likeness (QED) is 0.423. The van der Waals surface area contributed by atoms with E-state index in [1.807, 2.05) is 11.8 Å². The molecule has 0 saturated heterocycles. The Morgan fingerprint density at radius 3 is 2.51 bits per heavy atom. The van der Waals surface area contributed by atoms with Crippen LogP contribution in [0.4, 0.5) is 15.8 Å². The second-order valence-corrected chi connectivity index (χ2v) is 11.7. The van der Waals surface area contributed by atoms with Gasteiger partial charge < -0.3 is 19.8 Å². The summed E-state index contributed by atoms with van der Waals surface area (Å²) in [5.74, 6) is -1.66. The fraction of sp³-hybridized carbons (Fsp3) is 0.480. The van der Waals surface area contributed by atoms with Crippen LogP contribution in [-0.2, 0) is 14.6 Å². The van der Waals surface area contributed by atoms with Gasteiger partial charge >= 0.3 is 5.97 Å². The molecule has 1 aliphatic rings. The molecule has 2 aromatic carbocycles. The number of hydrogen-bond donors (Lipinski definition) is 2. The zero-order valence-electron chi connectivity index (χ0n) is 20.2. The number of aliphatic hydroxyl groups is 1. The molecule has 0 aliphatic carbocycles. The van der Waals surface area contributed by atoms with Gasteiger partial charge in [-0.15, -0.1) is 11.8 Å². The van der Waals surface area contributed by atoms with Gasteiger partial charge in [0.1, 0.15) is 18.2 Å². The monoisotopic (exact) mass is 525 g/mol. The first kappa shape index (κ1) is 27.3. The number of carbonyl (C=O) groups is 1. The maximum atomic E-state index is 13.8. The van der Waals surface area contributed by atoms with Crippen LogP contribution in [0.2, 0.25) is 0 Å². The Labute approximate surface area is 210 Å². The second kappa shape index (κ2) is 11.2. The molecule has 1 unspecified atom stereocenters. The number of nitrogens with zero attached hydrogens (tertiary/aromatic N) is 1. The number of hydrogen-bond acceptors (Lipinski definition) is 7. The largest absolute Gasteiger partial charge is 0.489 e. The van der Waals surface area contributed by atoms with Gasteiger partial charge in [0.05, 0.1) is 21.2 Å². The number of ether oxygens (including phenoxy) is 1. The van der Waals surface area contributed by atoms with Crippen molar-refractivity contribution in [3.63, 3.8) is 0 Å². The van der Waals surface area contributed by atoms with E-state index < -0.39 is 33.9 Å². The molecule has 0 spiro atoms. The predicted octanol–water partition coefficient (Wildman–Crippen LogP) is 4.88. The average Bonchev–Trinajstić information content (AvgIpc) is 2.93. The summed E-state index contributed by atoms with van der Waals surface area (Å²) in [7, 11) is -3.76. The summed E-state index contributed by atoms with van der Waals surface area (Å²) in [6, 6.07) is 9.14. The Hall–Kier alpha value is -2.30. The van der Waals surface area contributed by atoms with E-state index in [2.05, 4.69) is 6.92 Å². The number of unbranched alkanes of at least 4 members (excludes halogenated alkanes) is 1. The maximum Gasteiger partial charge on any atom is 0.336 e. The molecule has 0 fully saturated rings. The van der Waals surface area contributed by atoms with Crippen LogP contribution in [0.1, 0.15) is 39.5 Å². The van der Waals surface area contributed by atoms with Gasteiger partial charge in [-0.3, -0.25) is 0 Å². The Morgan fingerprint density at radius 1 is 1.26 bits per heavy atom. The Balaban J connectivity index is 2.20. The number of carboxylic acid groups (broad SMARTS) is 1. The van der Waals surface area contributed by atoms with Gasteiger partial charge in [-0.25, -0.2) is 17.6 Å². The van der Waals surface area contributed by atoms with E-state index in [0.717, 1.165) is 19.3 Å². The van der Waals surface area contributed by atoms with Crippen molar-refractivity contribution in [1.82, 2.24) is 0 Å². The highest BCUT2D eigenvalue weighted by molar-refractivity contribution is 7.98. The number of sulfone groups is 1. The van der Waals surface area contributed by atoms with Crippen molar-refractivity contribution < 1.29 is 32.6 Å². The third kappa shape index (κ3) is 6.10. The lowest BCUT2D eigenvalue weighted by Crippen LogP contribution is -2.37. The SMILES string of the molecule is CCCC[C@@]1(CC)CN(c2ccc(F)cc2)c2cc(SC)c(OCC(O)C(=O)O)cc2S(=O)(=O)C1. The molecular formula is C25H32FNO6S2. The van der Waals surface area contributed by atoms with Crippen LogP contribution in [0, 0.1) is 11.2 Å². The summed E-state index contributed by atoms with van der Waals surface area (Å²) >= 11 is 1.32. The molecular weight excluding hydrogens is 493 g/mol. The van der Waals surface area contributed by atoms with Gasteiger partial charge in [0, 0.05) is 23.7 Å². The van der Waals surface area contributed by atoms with E-state index in [4.69, 9.17) is 9.84 Å². The summed E-state index contributed by atoms with van der Waals surface area (Å²) < 4.78 is 46.8. The summed E-state index contributed by atoms with van der Waals surface area (Å²) in [5.41, 5.74) is 0.641. The molecule has 2 atom stereocenters. The molecule has 0 aromatic heterocycles. The van der Waals surface area contributed by atoms with Crippen molar-refractivity contribution in [2.75, 3.05) is 30.1 Å². The number of anilines is 2. The smallest absolute Gasteiger partial charge is 0.336 e. The lowest BCUT2D eigenvalue weighted by molar-refractivity contribution is -0.148.